The van der Waals surface area contributed by atoms with Crippen molar-refractivity contribution in [1.29, 1.82) is 0 Å². The Morgan fingerprint density at radius 1 is 1.18 bits per heavy atom. The van der Waals surface area contributed by atoms with Crippen molar-refractivity contribution in [1.82, 2.24) is 0 Å². The van der Waals surface area contributed by atoms with Crippen LogP contribution in [0, 0.1) is 6.92 Å². The number of nitrogens with one attached hydrogen (secondary N) is 1. The largest absolute Gasteiger partial charge is 0.380 e. The number of anilines is 1. The summed E-state index contributed by atoms with van der Waals surface area (Å²) in [4.78, 5) is 0. The first-order chi connectivity index (χ1) is 8.15. The summed E-state index contributed by atoms with van der Waals surface area (Å²) in [5.74, 6) is 0. The maximum absolute atomic E-state index is 6.11. The van der Waals surface area contributed by atoms with E-state index in [1.807, 2.05) is 18.2 Å². The fourth-order valence-electron chi connectivity index (χ4n) is 1.65. The molecule has 1 N–H and O–H groups in total. The highest BCUT2D eigenvalue weighted by Crippen LogP contribution is 2.26. The minimum absolute atomic E-state index is 0.737. The predicted molar refractivity (Wildman–Crippen MR) is 77.7 cm³/mol. The lowest BCUT2D eigenvalue weighted by Gasteiger charge is -2.09. The minimum Gasteiger partial charge on any atom is -0.380 e. The highest BCUT2D eigenvalue weighted by molar-refractivity contribution is 9.10. The van der Waals surface area contributed by atoms with Crippen molar-refractivity contribution in [3.05, 3.63) is 63.1 Å². The summed E-state index contributed by atoms with van der Waals surface area (Å²) in [5.41, 5.74) is 3.47. The highest BCUT2D eigenvalue weighted by Gasteiger charge is 2.00. The van der Waals surface area contributed by atoms with Gasteiger partial charge in [-0.1, -0.05) is 57.4 Å². The van der Waals surface area contributed by atoms with Crippen LogP contribution in [0.25, 0.3) is 0 Å². The second-order valence-electron chi connectivity index (χ2n) is 3.97. The molecule has 0 atom stereocenters. The van der Waals surface area contributed by atoms with Crippen LogP contribution >= 0.6 is 27.5 Å². The first kappa shape index (κ1) is 12.5. The summed E-state index contributed by atoms with van der Waals surface area (Å²) in [6.07, 6.45) is 0. The van der Waals surface area contributed by atoms with Crippen molar-refractivity contribution in [3.8, 4) is 0 Å². The molecule has 2 rings (SSSR count). The Morgan fingerprint density at radius 3 is 2.76 bits per heavy atom. The summed E-state index contributed by atoms with van der Waals surface area (Å²) >= 11 is 9.55. The van der Waals surface area contributed by atoms with E-state index >= 15 is 0 Å². The molecule has 0 aromatic heterocycles. The standard InChI is InChI=1S/C14H13BrClN/c1-10-3-2-4-11(7-10)9-17-14-8-12(15)5-6-13(14)16/h2-8,17H,9H2,1H3. The molecule has 88 valence electrons. The van der Waals surface area contributed by atoms with Gasteiger partial charge in [0.1, 0.15) is 0 Å². The van der Waals surface area contributed by atoms with E-state index in [1.54, 1.807) is 0 Å². The first-order valence-electron chi connectivity index (χ1n) is 5.39. The summed E-state index contributed by atoms with van der Waals surface area (Å²) in [6.45, 7) is 2.87. The molecular formula is C14H13BrClN. The zero-order valence-corrected chi connectivity index (χ0v) is 11.8. The molecule has 0 unspecified atom stereocenters. The average molecular weight is 311 g/mol. The lowest BCUT2D eigenvalue weighted by molar-refractivity contribution is 1.14. The van der Waals surface area contributed by atoms with E-state index in [1.165, 1.54) is 11.1 Å². The maximum atomic E-state index is 6.11. The van der Waals surface area contributed by atoms with Crippen LogP contribution in [0.2, 0.25) is 5.02 Å². The Labute approximate surface area is 115 Å². The summed E-state index contributed by atoms with van der Waals surface area (Å²) in [5, 5.41) is 4.07. The van der Waals surface area contributed by atoms with Crippen LogP contribution in [0.1, 0.15) is 11.1 Å². The summed E-state index contributed by atoms with van der Waals surface area (Å²) < 4.78 is 1.02. The average Bonchev–Trinajstić information content (AvgIpc) is 2.30. The zero-order valence-electron chi connectivity index (χ0n) is 9.50. The molecule has 2 aromatic carbocycles. The molecule has 0 saturated carbocycles. The third kappa shape index (κ3) is 3.48. The topological polar surface area (TPSA) is 12.0 Å². The number of benzene rings is 2. The fourth-order valence-corrected chi connectivity index (χ4v) is 2.20. The molecule has 0 radical (unpaired) electrons. The molecule has 2 aromatic rings. The molecule has 0 aliphatic heterocycles. The quantitative estimate of drug-likeness (QED) is 0.839. The summed E-state index contributed by atoms with van der Waals surface area (Å²) in [7, 11) is 0. The highest BCUT2D eigenvalue weighted by atomic mass is 79.9. The molecule has 0 heterocycles. The van der Waals surface area contributed by atoms with Gasteiger partial charge in [0.2, 0.25) is 0 Å². The molecule has 3 heteroatoms. The van der Waals surface area contributed by atoms with Crippen LogP contribution in [-0.4, -0.2) is 0 Å². The maximum Gasteiger partial charge on any atom is 0.0638 e. The molecule has 17 heavy (non-hydrogen) atoms. The Morgan fingerprint density at radius 2 is 2.00 bits per heavy atom. The molecular weight excluding hydrogens is 298 g/mol. The van der Waals surface area contributed by atoms with E-state index in [9.17, 15) is 0 Å². The number of hydrogen-bond acceptors (Lipinski definition) is 1. The molecule has 0 aliphatic carbocycles. The minimum atomic E-state index is 0.737. The van der Waals surface area contributed by atoms with Crippen LogP contribution in [0.5, 0.6) is 0 Å². The Bertz CT molecular complexity index is 525. The van der Waals surface area contributed by atoms with Crippen LogP contribution in [-0.2, 0) is 6.54 Å². The second kappa shape index (κ2) is 5.56. The van der Waals surface area contributed by atoms with Crippen molar-refractivity contribution in [3.63, 3.8) is 0 Å². The van der Waals surface area contributed by atoms with Gasteiger partial charge in [-0.15, -0.1) is 0 Å². The lowest BCUT2D eigenvalue weighted by Crippen LogP contribution is -2.00. The molecule has 1 nitrogen and oxygen atoms in total. The SMILES string of the molecule is Cc1cccc(CNc2cc(Br)ccc2Cl)c1. The van der Waals surface area contributed by atoms with Gasteiger partial charge in [-0.3, -0.25) is 0 Å². The number of aryl methyl sites for hydroxylation is 1. The van der Waals surface area contributed by atoms with Gasteiger partial charge in [0.25, 0.3) is 0 Å². The lowest BCUT2D eigenvalue weighted by atomic mass is 10.1. The van der Waals surface area contributed by atoms with E-state index in [-0.39, 0.29) is 0 Å². The van der Waals surface area contributed by atoms with Crippen LogP contribution < -0.4 is 5.32 Å². The predicted octanol–water partition coefficient (Wildman–Crippen LogP) is 5.02. The smallest absolute Gasteiger partial charge is 0.0638 e. The van der Waals surface area contributed by atoms with Crippen molar-refractivity contribution in [2.45, 2.75) is 13.5 Å². The van der Waals surface area contributed by atoms with Crippen molar-refractivity contribution < 1.29 is 0 Å². The van der Waals surface area contributed by atoms with Gasteiger partial charge < -0.3 is 5.32 Å². The molecule has 0 fully saturated rings. The van der Waals surface area contributed by atoms with Gasteiger partial charge in [-0.05, 0) is 30.7 Å². The van der Waals surface area contributed by atoms with Crippen molar-refractivity contribution in [2.24, 2.45) is 0 Å². The number of hydrogen-bond donors (Lipinski definition) is 1. The summed E-state index contributed by atoms with van der Waals surface area (Å²) in [6, 6.07) is 14.2. The van der Waals surface area contributed by atoms with E-state index in [2.05, 4.69) is 52.4 Å². The number of rotatable bonds is 3. The van der Waals surface area contributed by atoms with Gasteiger partial charge in [0.15, 0.2) is 0 Å². The Hall–Kier alpha value is -0.990. The van der Waals surface area contributed by atoms with Crippen LogP contribution in [0.3, 0.4) is 0 Å². The Balaban J connectivity index is 2.09. The third-order valence-corrected chi connectivity index (χ3v) is 3.32. The molecule has 0 amide bonds. The second-order valence-corrected chi connectivity index (χ2v) is 5.29. The number of halogens is 2. The third-order valence-electron chi connectivity index (χ3n) is 2.49. The van der Waals surface area contributed by atoms with Crippen molar-refractivity contribution in [2.75, 3.05) is 5.32 Å². The van der Waals surface area contributed by atoms with E-state index in [4.69, 9.17) is 11.6 Å². The first-order valence-corrected chi connectivity index (χ1v) is 6.57. The normalized spacial score (nSPS) is 10.3. The van der Waals surface area contributed by atoms with Gasteiger partial charge in [-0.25, -0.2) is 0 Å². The molecule has 0 aliphatic rings. The molecule has 0 bridgehead atoms. The van der Waals surface area contributed by atoms with Gasteiger partial charge in [0.05, 0.1) is 10.7 Å². The van der Waals surface area contributed by atoms with E-state index < -0.39 is 0 Å². The van der Waals surface area contributed by atoms with E-state index in [0.717, 1.165) is 21.7 Å². The van der Waals surface area contributed by atoms with Gasteiger partial charge >= 0.3 is 0 Å². The fraction of sp³-hybridized carbons (Fsp3) is 0.143. The molecule has 0 spiro atoms. The van der Waals surface area contributed by atoms with Gasteiger partial charge in [-0.2, -0.15) is 0 Å². The van der Waals surface area contributed by atoms with E-state index in [0.29, 0.717) is 0 Å². The zero-order chi connectivity index (χ0) is 12.3. The monoisotopic (exact) mass is 309 g/mol. The Kier molecular flexibility index (Phi) is 4.08. The molecule has 0 saturated heterocycles. The van der Waals surface area contributed by atoms with Gasteiger partial charge in [0, 0.05) is 11.0 Å². The van der Waals surface area contributed by atoms with Crippen LogP contribution in [0.15, 0.2) is 46.9 Å². The van der Waals surface area contributed by atoms with Crippen LogP contribution in [0.4, 0.5) is 5.69 Å². The van der Waals surface area contributed by atoms with Crippen molar-refractivity contribution >= 4 is 33.2 Å².